The van der Waals surface area contributed by atoms with E-state index in [1.165, 1.54) is 5.56 Å². The van der Waals surface area contributed by atoms with Crippen molar-refractivity contribution in [2.24, 2.45) is 0 Å². The molecule has 0 atom stereocenters. The molecule has 1 N–H and O–H groups in total. The summed E-state index contributed by atoms with van der Waals surface area (Å²) >= 11 is 5.16. The summed E-state index contributed by atoms with van der Waals surface area (Å²) in [6, 6.07) is 8.23. The molecule has 1 aromatic carbocycles. The number of aliphatic hydroxyl groups excluding tert-OH is 1. The standard InChI is InChI=1S/C9H11BrOS/c10-9-3-1-2-8(6-9)7-12-5-4-11/h1-3,6,11H,4-5,7H2. The van der Waals surface area contributed by atoms with Crippen LogP contribution in [0.3, 0.4) is 0 Å². The molecule has 0 saturated carbocycles. The van der Waals surface area contributed by atoms with Gasteiger partial charge in [-0.05, 0) is 17.7 Å². The summed E-state index contributed by atoms with van der Waals surface area (Å²) in [6.07, 6.45) is 0. The maximum atomic E-state index is 8.57. The predicted octanol–water partition coefficient (Wildman–Crippen LogP) is 2.67. The van der Waals surface area contributed by atoms with Gasteiger partial charge in [0.1, 0.15) is 0 Å². The van der Waals surface area contributed by atoms with E-state index in [9.17, 15) is 0 Å². The highest BCUT2D eigenvalue weighted by atomic mass is 79.9. The zero-order valence-electron chi connectivity index (χ0n) is 6.66. The smallest absolute Gasteiger partial charge is 0.0521 e. The molecule has 12 heavy (non-hydrogen) atoms. The average Bonchev–Trinajstić information content (AvgIpc) is 2.05. The first-order chi connectivity index (χ1) is 5.83. The van der Waals surface area contributed by atoms with Crippen LogP contribution in [0.5, 0.6) is 0 Å². The van der Waals surface area contributed by atoms with Crippen LogP contribution in [0, 0.1) is 0 Å². The SMILES string of the molecule is OCCSCc1cccc(Br)c1. The van der Waals surface area contributed by atoms with Gasteiger partial charge >= 0.3 is 0 Å². The monoisotopic (exact) mass is 246 g/mol. The number of hydrogen-bond acceptors (Lipinski definition) is 2. The van der Waals surface area contributed by atoms with Gasteiger partial charge < -0.3 is 5.11 Å². The molecule has 0 aromatic heterocycles. The fraction of sp³-hybridized carbons (Fsp3) is 0.333. The Morgan fingerprint density at radius 2 is 2.25 bits per heavy atom. The van der Waals surface area contributed by atoms with Crippen LogP contribution in [-0.2, 0) is 5.75 Å². The van der Waals surface area contributed by atoms with Gasteiger partial charge in [0.25, 0.3) is 0 Å². The third-order valence-electron chi connectivity index (χ3n) is 1.39. The molecule has 3 heteroatoms. The molecule has 0 spiro atoms. The lowest BCUT2D eigenvalue weighted by molar-refractivity contribution is 0.322. The lowest BCUT2D eigenvalue weighted by Gasteiger charge is -2.00. The van der Waals surface area contributed by atoms with Gasteiger partial charge in [-0.2, -0.15) is 11.8 Å². The van der Waals surface area contributed by atoms with Crippen LogP contribution in [-0.4, -0.2) is 17.5 Å². The molecule has 1 nitrogen and oxygen atoms in total. The summed E-state index contributed by atoms with van der Waals surface area (Å²) in [5.41, 5.74) is 1.29. The first-order valence-corrected chi connectivity index (χ1v) is 5.71. The molecular formula is C9H11BrOS. The summed E-state index contributed by atoms with van der Waals surface area (Å²) in [4.78, 5) is 0. The van der Waals surface area contributed by atoms with Gasteiger partial charge in [-0.25, -0.2) is 0 Å². The van der Waals surface area contributed by atoms with Crippen molar-refractivity contribution >= 4 is 27.7 Å². The topological polar surface area (TPSA) is 20.2 Å². The van der Waals surface area contributed by atoms with Gasteiger partial charge in [0, 0.05) is 16.0 Å². The summed E-state index contributed by atoms with van der Waals surface area (Å²) in [7, 11) is 0. The number of benzene rings is 1. The van der Waals surface area contributed by atoms with Gasteiger partial charge in [0.05, 0.1) is 6.61 Å². The van der Waals surface area contributed by atoms with Crippen LogP contribution < -0.4 is 0 Å². The first-order valence-electron chi connectivity index (χ1n) is 3.76. The van der Waals surface area contributed by atoms with E-state index in [1.54, 1.807) is 11.8 Å². The van der Waals surface area contributed by atoms with Crippen LogP contribution in [0.2, 0.25) is 0 Å². The molecule has 0 bridgehead atoms. The number of hydrogen-bond donors (Lipinski definition) is 1. The Morgan fingerprint density at radius 3 is 2.92 bits per heavy atom. The summed E-state index contributed by atoms with van der Waals surface area (Å²) in [6.45, 7) is 0.263. The summed E-state index contributed by atoms with van der Waals surface area (Å²) in [5, 5.41) is 8.57. The second-order valence-corrected chi connectivity index (χ2v) is 4.43. The number of halogens is 1. The van der Waals surface area contributed by atoms with Crippen molar-refractivity contribution in [2.45, 2.75) is 5.75 Å². The molecule has 0 saturated heterocycles. The number of aliphatic hydroxyl groups is 1. The zero-order chi connectivity index (χ0) is 8.81. The molecule has 0 aliphatic carbocycles. The van der Waals surface area contributed by atoms with E-state index in [0.29, 0.717) is 0 Å². The molecule has 0 heterocycles. The van der Waals surface area contributed by atoms with Crippen molar-refractivity contribution in [2.75, 3.05) is 12.4 Å². The van der Waals surface area contributed by atoms with Crippen LogP contribution in [0.15, 0.2) is 28.7 Å². The Balaban J connectivity index is 2.41. The minimum Gasteiger partial charge on any atom is -0.396 e. The lowest BCUT2D eigenvalue weighted by atomic mass is 10.2. The Kier molecular flexibility index (Phi) is 4.73. The second kappa shape index (κ2) is 5.62. The van der Waals surface area contributed by atoms with Crippen LogP contribution >= 0.6 is 27.7 Å². The molecule has 0 radical (unpaired) electrons. The van der Waals surface area contributed by atoms with E-state index in [-0.39, 0.29) is 6.61 Å². The molecule has 0 unspecified atom stereocenters. The average molecular weight is 247 g/mol. The van der Waals surface area contributed by atoms with Crippen molar-refractivity contribution in [1.82, 2.24) is 0 Å². The molecule has 0 aliphatic heterocycles. The molecule has 0 amide bonds. The van der Waals surface area contributed by atoms with Crippen molar-refractivity contribution in [3.8, 4) is 0 Å². The zero-order valence-corrected chi connectivity index (χ0v) is 9.07. The van der Waals surface area contributed by atoms with Crippen LogP contribution in [0.25, 0.3) is 0 Å². The van der Waals surface area contributed by atoms with Crippen molar-refractivity contribution in [3.05, 3.63) is 34.3 Å². The minimum absolute atomic E-state index is 0.263. The van der Waals surface area contributed by atoms with Crippen LogP contribution in [0.4, 0.5) is 0 Å². The molecule has 1 rings (SSSR count). The summed E-state index contributed by atoms with van der Waals surface area (Å²) < 4.78 is 1.12. The van der Waals surface area contributed by atoms with E-state index in [1.807, 2.05) is 12.1 Å². The quantitative estimate of drug-likeness (QED) is 0.825. The highest BCUT2D eigenvalue weighted by Crippen LogP contribution is 2.16. The molecule has 66 valence electrons. The van der Waals surface area contributed by atoms with Crippen LogP contribution in [0.1, 0.15) is 5.56 Å². The van der Waals surface area contributed by atoms with Crippen molar-refractivity contribution in [1.29, 1.82) is 0 Å². The Morgan fingerprint density at radius 1 is 1.42 bits per heavy atom. The Hall–Kier alpha value is 0.01000. The van der Waals surface area contributed by atoms with Gasteiger partial charge in [0.15, 0.2) is 0 Å². The summed E-state index contributed by atoms with van der Waals surface area (Å²) in [5.74, 6) is 1.78. The van der Waals surface area contributed by atoms with E-state index in [2.05, 4.69) is 28.1 Å². The molecule has 0 fully saturated rings. The highest BCUT2D eigenvalue weighted by Gasteiger charge is 1.93. The van der Waals surface area contributed by atoms with E-state index in [0.717, 1.165) is 16.0 Å². The van der Waals surface area contributed by atoms with E-state index in [4.69, 9.17) is 5.11 Å². The third-order valence-corrected chi connectivity index (χ3v) is 2.90. The second-order valence-electron chi connectivity index (χ2n) is 2.41. The molecule has 1 aromatic rings. The minimum atomic E-state index is 0.263. The fourth-order valence-corrected chi connectivity index (χ4v) is 2.02. The van der Waals surface area contributed by atoms with Crippen molar-refractivity contribution < 1.29 is 5.11 Å². The van der Waals surface area contributed by atoms with Gasteiger partial charge in [-0.15, -0.1) is 0 Å². The Labute approximate surface area is 85.3 Å². The third kappa shape index (κ3) is 3.61. The number of rotatable bonds is 4. The largest absolute Gasteiger partial charge is 0.396 e. The van der Waals surface area contributed by atoms with E-state index < -0.39 is 0 Å². The highest BCUT2D eigenvalue weighted by molar-refractivity contribution is 9.10. The van der Waals surface area contributed by atoms with Crippen molar-refractivity contribution in [3.63, 3.8) is 0 Å². The predicted molar refractivity (Wildman–Crippen MR) is 57.4 cm³/mol. The lowest BCUT2D eigenvalue weighted by Crippen LogP contribution is -1.87. The maximum Gasteiger partial charge on any atom is 0.0521 e. The van der Waals surface area contributed by atoms with Gasteiger partial charge in [-0.3, -0.25) is 0 Å². The van der Waals surface area contributed by atoms with Gasteiger partial charge in [0.2, 0.25) is 0 Å². The number of thioether (sulfide) groups is 1. The fourth-order valence-electron chi connectivity index (χ4n) is 0.881. The van der Waals surface area contributed by atoms with Gasteiger partial charge in [-0.1, -0.05) is 28.1 Å². The Bertz CT molecular complexity index is 240. The normalized spacial score (nSPS) is 10.2. The first kappa shape index (κ1) is 10.1. The molecular weight excluding hydrogens is 236 g/mol. The van der Waals surface area contributed by atoms with E-state index >= 15 is 0 Å². The maximum absolute atomic E-state index is 8.57. The molecule has 0 aliphatic rings.